The summed E-state index contributed by atoms with van der Waals surface area (Å²) in [6.07, 6.45) is 0.979. The van der Waals surface area contributed by atoms with E-state index in [2.05, 4.69) is 5.32 Å². The zero-order chi connectivity index (χ0) is 18.3. The van der Waals surface area contributed by atoms with Crippen molar-refractivity contribution in [2.24, 2.45) is 0 Å². The average Bonchev–Trinajstić information content (AvgIpc) is 2.56. The van der Waals surface area contributed by atoms with Crippen molar-refractivity contribution in [1.82, 2.24) is 10.2 Å². The van der Waals surface area contributed by atoms with Gasteiger partial charge < -0.3 is 15.3 Å². The summed E-state index contributed by atoms with van der Waals surface area (Å²) in [6.45, 7) is 8.40. The molecule has 0 radical (unpaired) electrons. The minimum Gasteiger partial charge on any atom is -0.480 e. The SMILES string of the molecule is CCCC(C)(NC(=O)c1ccc(C(=O)N(CC)CC)cc1)C(=O)O. The fourth-order valence-corrected chi connectivity index (χ4v) is 2.50. The molecule has 0 aromatic heterocycles. The van der Waals surface area contributed by atoms with Crippen LogP contribution in [0, 0.1) is 0 Å². The number of nitrogens with zero attached hydrogens (tertiary/aromatic N) is 1. The topological polar surface area (TPSA) is 86.7 Å². The van der Waals surface area contributed by atoms with Crippen LogP contribution in [0.4, 0.5) is 0 Å². The van der Waals surface area contributed by atoms with E-state index in [1.807, 2.05) is 20.8 Å². The predicted molar refractivity (Wildman–Crippen MR) is 92.1 cm³/mol. The number of carbonyl (C=O) groups is 3. The Hall–Kier alpha value is -2.37. The van der Waals surface area contributed by atoms with Gasteiger partial charge in [0.25, 0.3) is 11.8 Å². The van der Waals surface area contributed by atoms with E-state index in [1.165, 1.54) is 6.92 Å². The number of carbonyl (C=O) groups excluding carboxylic acids is 2. The first-order chi connectivity index (χ1) is 11.3. The summed E-state index contributed by atoms with van der Waals surface area (Å²) >= 11 is 0. The maximum absolute atomic E-state index is 12.3. The van der Waals surface area contributed by atoms with E-state index in [1.54, 1.807) is 29.2 Å². The molecule has 24 heavy (non-hydrogen) atoms. The van der Waals surface area contributed by atoms with Gasteiger partial charge in [-0.3, -0.25) is 9.59 Å². The van der Waals surface area contributed by atoms with Gasteiger partial charge in [-0.25, -0.2) is 4.79 Å². The third-order valence-corrected chi connectivity index (χ3v) is 4.06. The zero-order valence-electron chi connectivity index (χ0n) is 14.8. The van der Waals surface area contributed by atoms with Crippen molar-refractivity contribution >= 4 is 17.8 Å². The maximum atomic E-state index is 12.3. The Balaban J connectivity index is 2.90. The Bertz CT molecular complexity index is 594. The van der Waals surface area contributed by atoms with E-state index in [0.29, 0.717) is 37.1 Å². The lowest BCUT2D eigenvalue weighted by molar-refractivity contribution is -0.144. The third-order valence-electron chi connectivity index (χ3n) is 4.06. The number of amides is 2. The second-order valence-electron chi connectivity index (χ2n) is 5.90. The first-order valence-electron chi connectivity index (χ1n) is 8.24. The maximum Gasteiger partial charge on any atom is 0.329 e. The summed E-state index contributed by atoms with van der Waals surface area (Å²) < 4.78 is 0. The fourth-order valence-electron chi connectivity index (χ4n) is 2.50. The number of hydrogen-bond donors (Lipinski definition) is 2. The highest BCUT2D eigenvalue weighted by Gasteiger charge is 2.34. The largest absolute Gasteiger partial charge is 0.480 e. The third kappa shape index (κ3) is 4.57. The highest BCUT2D eigenvalue weighted by Crippen LogP contribution is 2.15. The predicted octanol–water partition coefficient (Wildman–Crippen LogP) is 2.54. The van der Waals surface area contributed by atoms with Gasteiger partial charge in [0.2, 0.25) is 0 Å². The van der Waals surface area contributed by atoms with Crippen molar-refractivity contribution in [3.05, 3.63) is 35.4 Å². The molecule has 0 saturated heterocycles. The molecule has 132 valence electrons. The molecule has 1 unspecified atom stereocenters. The van der Waals surface area contributed by atoms with Crippen LogP contribution in [0.2, 0.25) is 0 Å². The molecule has 1 atom stereocenters. The van der Waals surface area contributed by atoms with Gasteiger partial charge in [-0.15, -0.1) is 0 Å². The Morgan fingerprint density at radius 1 is 1.04 bits per heavy atom. The summed E-state index contributed by atoms with van der Waals surface area (Å²) in [5, 5.41) is 11.9. The number of aliphatic carboxylic acids is 1. The van der Waals surface area contributed by atoms with Crippen LogP contribution in [-0.4, -0.2) is 46.4 Å². The van der Waals surface area contributed by atoms with Crippen LogP contribution in [0.1, 0.15) is 61.3 Å². The van der Waals surface area contributed by atoms with Crippen LogP contribution in [0.5, 0.6) is 0 Å². The van der Waals surface area contributed by atoms with Gasteiger partial charge >= 0.3 is 5.97 Å². The number of benzene rings is 1. The molecule has 0 aliphatic heterocycles. The van der Waals surface area contributed by atoms with E-state index >= 15 is 0 Å². The number of rotatable bonds is 8. The number of nitrogens with one attached hydrogen (secondary N) is 1. The van der Waals surface area contributed by atoms with Crippen LogP contribution in [0.25, 0.3) is 0 Å². The molecule has 0 spiro atoms. The lowest BCUT2D eigenvalue weighted by atomic mass is 9.95. The first kappa shape index (κ1) is 19.7. The van der Waals surface area contributed by atoms with Gasteiger partial charge in [-0.1, -0.05) is 13.3 Å². The summed E-state index contributed by atoms with van der Waals surface area (Å²) in [7, 11) is 0. The Morgan fingerprint density at radius 3 is 1.96 bits per heavy atom. The molecule has 0 bridgehead atoms. The summed E-state index contributed by atoms with van der Waals surface area (Å²) in [5.74, 6) is -1.62. The molecule has 0 saturated carbocycles. The average molecular weight is 334 g/mol. The molecule has 1 aromatic carbocycles. The zero-order valence-corrected chi connectivity index (χ0v) is 14.8. The summed E-state index contributed by atoms with van der Waals surface area (Å²) in [4.78, 5) is 37.6. The lowest BCUT2D eigenvalue weighted by Crippen LogP contribution is -2.52. The normalized spacial score (nSPS) is 13.0. The van der Waals surface area contributed by atoms with Crippen molar-refractivity contribution in [3.8, 4) is 0 Å². The molecule has 1 rings (SSSR count). The van der Waals surface area contributed by atoms with Crippen LogP contribution in [0.3, 0.4) is 0 Å². The molecular formula is C18H26N2O4. The van der Waals surface area contributed by atoms with Gasteiger partial charge in [-0.05, 0) is 51.5 Å². The molecule has 0 heterocycles. The smallest absolute Gasteiger partial charge is 0.329 e. The van der Waals surface area contributed by atoms with Gasteiger partial charge in [0.1, 0.15) is 5.54 Å². The second-order valence-corrected chi connectivity index (χ2v) is 5.90. The van der Waals surface area contributed by atoms with Crippen molar-refractivity contribution < 1.29 is 19.5 Å². The van der Waals surface area contributed by atoms with E-state index in [9.17, 15) is 19.5 Å². The summed E-state index contributed by atoms with van der Waals surface area (Å²) in [5.41, 5.74) is -0.471. The van der Waals surface area contributed by atoms with E-state index < -0.39 is 17.4 Å². The first-order valence-corrected chi connectivity index (χ1v) is 8.24. The monoisotopic (exact) mass is 334 g/mol. The van der Waals surface area contributed by atoms with E-state index in [-0.39, 0.29) is 5.91 Å². The van der Waals surface area contributed by atoms with Gasteiger partial charge in [0.15, 0.2) is 0 Å². The highest BCUT2D eigenvalue weighted by atomic mass is 16.4. The minimum absolute atomic E-state index is 0.0895. The molecule has 0 fully saturated rings. The van der Waals surface area contributed by atoms with Gasteiger partial charge in [0, 0.05) is 24.2 Å². The Labute approximate surface area is 142 Å². The quantitative estimate of drug-likeness (QED) is 0.765. The number of hydrogen-bond acceptors (Lipinski definition) is 3. The van der Waals surface area contributed by atoms with Crippen molar-refractivity contribution in [1.29, 1.82) is 0 Å². The van der Waals surface area contributed by atoms with Crippen molar-refractivity contribution in [2.75, 3.05) is 13.1 Å². The lowest BCUT2D eigenvalue weighted by Gasteiger charge is -2.25. The molecule has 2 N–H and O–H groups in total. The molecular weight excluding hydrogens is 308 g/mol. The molecule has 2 amide bonds. The van der Waals surface area contributed by atoms with Crippen LogP contribution in [0.15, 0.2) is 24.3 Å². The summed E-state index contributed by atoms with van der Waals surface area (Å²) in [6, 6.07) is 6.27. The second kappa shape index (κ2) is 8.47. The molecule has 0 aliphatic carbocycles. The highest BCUT2D eigenvalue weighted by molar-refractivity contribution is 5.99. The molecule has 6 nitrogen and oxygen atoms in total. The van der Waals surface area contributed by atoms with Crippen molar-refractivity contribution in [2.45, 2.75) is 46.1 Å². The Kier molecular flexibility index (Phi) is 6.95. The van der Waals surface area contributed by atoms with E-state index in [0.717, 1.165) is 0 Å². The molecule has 6 heteroatoms. The fraction of sp³-hybridized carbons (Fsp3) is 0.500. The molecule has 1 aromatic rings. The Morgan fingerprint density at radius 2 is 1.54 bits per heavy atom. The van der Waals surface area contributed by atoms with Crippen LogP contribution < -0.4 is 5.32 Å². The number of carboxylic acids is 1. The van der Waals surface area contributed by atoms with Crippen molar-refractivity contribution in [3.63, 3.8) is 0 Å². The van der Waals surface area contributed by atoms with E-state index in [4.69, 9.17) is 0 Å². The van der Waals surface area contributed by atoms with Crippen LogP contribution >= 0.6 is 0 Å². The standard InChI is InChI=1S/C18H26N2O4/c1-5-12-18(4,17(23)24)19-15(21)13-8-10-14(11-9-13)16(22)20(6-2)7-3/h8-11H,5-7,12H2,1-4H3,(H,19,21)(H,23,24). The van der Waals surface area contributed by atoms with Gasteiger partial charge in [0.05, 0.1) is 0 Å². The molecule has 0 aliphatic rings. The number of carboxylic acid groups (broad SMARTS) is 1. The minimum atomic E-state index is -1.30. The van der Waals surface area contributed by atoms with Crippen LogP contribution in [-0.2, 0) is 4.79 Å². The van der Waals surface area contributed by atoms with Gasteiger partial charge in [-0.2, -0.15) is 0 Å².